The fourth-order valence-electron chi connectivity index (χ4n) is 2.87. The Bertz CT molecular complexity index is 425. The van der Waals surface area contributed by atoms with Crippen LogP contribution < -0.4 is 10.1 Å². The first-order valence-electron chi connectivity index (χ1n) is 6.97. The Morgan fingerprint density at radius 2 is 2.26 bits per heavy atom. The summed E-state index contributed by atoms with van der Waals surface area (Å²) in [4.78, 5) is 0. The lowest BCUT2D eigenvalue weighted by molar-refractivity contribution is -0.101. The predicted octanol–water partition coefficient (Wildman–Crippen LogP) is 1.34. The number of hydrogen-bond acceptors (Lipinski definition) is 4. The van der Waals surface area contributed by atoms with Gasteiger partial charge in [-0.1, -0.05) is 12.1 Å². The van der Waals surface area contributed by atoms with E-state index >= 15 is 0 Å². The summed E-state index contributed by atoms with van der Waals surface area (Å²) in [5, 5.41) is 3.57. The first kappa shape index (κ1) is 12.9. The molecule has 1 aromatic carbocycles. The van der Waals surface area contributed by atoms with Gasteiger partial charge in [-0.2, -0.15) is 0 Å². The maximum absolute atomic E-state index is 5.61. The molecular formula is C15H21NO3. The van der Waals surface area contributed by atoms with E-state index in [9.17, 15) is 0 Å². The minimum Gasteiger partial charge on any atom is -0.494 e. The van der Waals surface area contributed by atoms with Gasteiger partial charge in [-0.05, 0) is 24.6 Å². The minimum atomic E-state index is 0.0352. The first-order valence-corrected chi connectivity index (χ1v) is 6.97. The molecule has 0 radical (unpaired) electrons. The molecule has 0 saturated carbocycles. The van der Waals surface area contributed by atoms with Crippen molar-refractivity contribution in [3.05, 3.63) is 29.8 Å². The third-order valence-corrected chi connectivity index (χ3v) is 4.03. The second-order valence-corrected chi connectivity index (χ2v) is 5.19. The fourth-order valence-corrected chi connectivity index (χ4v) is 2.87. The molecule has 0 aliphatic carbocycles. The molecule has 2 heterocycles. The number of morpholine rings is 1. The second kappa shape index (κ2) is 5.49. The van der Waals surface area contributed by atoms with Crippen molar-refractivity contribution < 1.29 is 14.2 Å². The maximum atomic E-state index is 5.61. The molecule has 0 amide bonds. The van der Waals surface area contributed by atoms with Crippen molar-refractivity contribution in [1.82, 2.24) is 5.32 Å². The normalized spacial score (nSPS) is 25.6. The van der Waals surface area contributed by atoms with Crippen molar-refractivity contribution in [3.8, 4) is 5.75 Å². The highest BCUT2D eigenvalue weighted by atomic mass is 16.5. The summed E-state index contributed by atoms with van der Waals surface area (Å²) in [5.74, 6) is 0.933. The zero-order valence-electron chi connectivity index (χ0n) is 11.4. The van der Waals surface area contributed by atoms with Crippen LogP contribution in [0.15, 0.2) is 24.3 Å². The number of nitrogens with one attached hydrogen (secondary N) is 1. The van der Waals surface area contributed by atoms with Gasteiger partial charge in [-0.25, -0.2) is 0 Å². The summed E-state index contributed by atoms with van der Waals surface area (Å²) < 4.78 is 16.7. The van der Waals surface area contributed by atoms with Crippen LogP contribution in [0.1, 0.15) is 12.5 Å². The zero-order chi connectivity index (χ0) is 13.1. The summed E-state index contributed by atoms with van der Waals surface area (Å²) in [6.07, 6.45) is 0. The average molecular weight is 263 g/mol. The van der Waals surface area contributed by atoms with Gasteiger partial charge in [0.15, 0.2) is 0 Å². The number of ether oxygens (including phenoxy) is 3. The van der Waals surface area contributed by atoms with Crippen LogP contribution in [0.25, 0.3) is 0 Å². The molecule has 1 aromatic rings. The second-order valence-electron chi connectivity index (χ2n) is 5.19. The number of hydrogen-bond donors (Lipinski definition) is 1. The van der Waals surface area contributed by atoms with Crippen LogP contribution in [0.5, 0.6) is 5.75 Å². The van der Waals surface area contributed by atoms with Crippen molar-refractivity contribution in [2.75, 3.05) is 39.6 Å². The third-order valence-electron chi connectivity index (χ3n) is 4.03. The van der Waals surface area contributed by atoms with Crippen LogP contribution in [-0.2, 0) is 14.9 Å². The molecule has 0 bridgehead atoms. The van der Waals surface area contributed by atoms with Gasteiger partial charge in [-0.15, -0.1) is 0 Å². The highest BCUT2D eigenvalue weighted by Crippen LogP contribution is 2.38. The summed E-state index contributed by atoms with van der Waals surface area (Å²) in [6.45, 7) is 6.67. The molecule has 1 atom stereocenters. The summed E-state index contributed by atoms with van der Waals surface area (Å²) in [7, 11) is 0. The molecule has 2 saturated heterocycles. The Kier molecular flexibility index (Phi) is 3.73. The van der Waals surface area contributed by atoms with Crippen LogP contribution in [0.2, 0.25) is 0 Å². The highest BCUT2D eigenvalue weighted by Gasteiger charge is 2.47. The predicted molar refractivity (Wildman–Crippen MR) is 72.7 cm³/mol. The molecule has 3 rings (SSSR count). The van der Waals surface area contributed by atoms with E-state index in [1.54, 1.807) is 0 Å². The molecule has 0 spiro atoms. The molecule has 4 nitrogen and oxygen atoms in total. The first-order chi connectivity index (χ1) is 9.35. The molecule has 4 heteroatoms. The number of benzene rings is 1. The van der Waals surface area contributed by atoms with Crippen molar-refractivity contribution >= 4 is 0 Å². The van der Waals surface area contributed by atoms with E-state index in [-0.39, 0.29) is 5.41 Å². The van der Waals surface area contributed by atoms with Crippen molar-refractivity contribution in [1.29, 1.82) is 0 Å². The van der Waals surface area contributed by atoms with E-state index in [0.29, 0.717) is 12.6 Å². The quantitative estimate of drug-likeness (QED) is 0.890. The molecule has 0 aromatic heterocycles. The minimum absolute atomic E-state index is 0.0352. The van der Waals surface area contributed by atoms with Gasteiger partial charge in [0.05, 0.1) is 38.4 Å². The lowest BCUT2D eigenvalue weighted by Crippen LogP contribution is -2.63. The molecule has 19 heavy (non-hydrogen) atoms. The van der Waals surface area contributed by atoms with Crippen molar-refractivity contribution in [3.63, 3.8) is 0 Å². The summed E-state index contributed by atoms with van der Waals surface area (Å²) in [5.41, 5.74) is 1.32. The van der Waals surface area contributed by atoms with Crippen LogP contribution >= 0.6 is 0 Å². The molecule has 1 unspecified atom stereocenters. The highest BCUT2D eigenvalue weighted by molar-refractivity contribution is 5.37. The fraction of sp³-hybridized carbons (Fsp3) is 0.600. The number of rotatable bonds is 4. The molecule has 104 valence electrons. The van der Waals surface area contributed by atoms with Crippen molar-refractivity contribution in [2.45, 2.75) is 18.4 Å². The van der Waals surface area contributed by atoms with E-state index in [1.807, 2.05) is 13.0 Å². The monoisotopic (exact) mass is 263 g/mol. The Balaban J connectivity index is 1.86. The Hall–Kier alpha value is -1.10. The van der Waals surface area contributed by atoms with Gasteiger partial charge in [0.2, 0.25) is 0 Å². The maximum Gasteiger partial charge on any atom is 0.119 e. The molecule has 2 aliphatic rings. The van der Waals surface area contributed by atoms with E-state index in [4.69, 9.17) is 14.2 Å². The molecule has 2 fully saturated rings. The third kappa shape index (κ3) is 2.36. The Labute approximate surface area is 114 Å². The van der Waals surface area contributed by atoms with E-state index in [0.717, 1.165) is 38.7 Å². The largest absolute Gasteiger partial charge is 0.494 e. The molecule has 1 N–H and O–H groups in total. The van der Waals surface area contributed by atoms with Crippen LogP contribution in [0.3, 0.4) is 0 Å². The molecule has 2 aliphatic heterocycles. The van der Waals surface area contributed by atoms with Crippen LogP contribution in [0, 0.1) is 0 Å². The van der Waals surface area contributed by atoms with E-state index in [2.05, 4.69) is 23.5 Å². The summed E-state index contributed by atoms with van der Waals surface area (Å²) >= 11 is 0. The zero-order valence-corrected chi connectivity index (χ0v) is 11.4. The SMILES string of the molecule is CCOc1cccc(C2(C3COCCN3)COC2)c1. The lowest BCUT2D eigenvalue weighted by Gasteiger charge is -2.49. The van der Waals surface area contributed by atoms with Gasteiger partial charge in [0.1, 0.15) is 5.75 Å². The average Bonchev–Trinajstić information content (AvgIpc) is 2.40. The summed E-state index contributed by atoms with van der Waals surface area (Å²) in [6, 6.07) is 8.70. The topological polar surface area (TPSA) is 39.7 Å². The van der Waals surface area contributed by atoms with Crippen molar-refractivity contribution in [2.24, 2.45) is 0 Å². The van der Waals surface area contributed by atoms with E-state index in [1.165, 1.54) is 5.56 Å². The van der Waals surface area contributed by atoms with Gasteiger partial charge in [-0.3, -0.25) is 0 Å². The van der Waals surface area contributed by atoms with Gasteiger partial charge in [0, 0.05) is 12.6 Å². The Morgan fingerprint density at radius 3 is 2.89 bits per heavy atom. The van der Waals surface area contributed by atoms with Gasteiger partial charge in [0.25, 0.3) is 0 Å². The van der Waals surface area contributed by atoms with Gasteiger partial charge < -0.3 is 19.5 Å². The van der Waals surface area contributed by atoms with E-state index < -0.39 is 0 Å². The smallest absolute Gasteiger partial charge is 0.119 e. The molecular weight excluding hydrogens is 242 g/mol. The lowest BCUT2D eigenvalue weighted by atomic mass is 9.72. The van der Waals surface area contributed by atoms with Crippen LogP contribution in [-0.4, -0.2) is 45.6 Å². The van der Waals surface area contributed by atoms with Crippen LogP contribution in [0.4, 0.5) is 0 Å². The van der Waals surface area contributed by atoms with Gasteiger partial charge >= 0.3 is 0 Å². The Morgan fingerprint density at radius 1 is 1.37 bits per heavy atom. The standard InChI is InChI=1S/C15H21NO3/c1-2-19-13-5-3-4-12(8-13)15(10-18-11-15)14-9-17-7-6-16-14/h3-5,8,14,16H,2,6-7,9-11H2,1H3.